The van der Waals surface area contributed by atoms with E-state index in [2.05, 4.69) is 60.8 Å². The summed E-state index contributed by atoms with van der Waals surface area (Å²) in [7, 11) is 0. The van der Waals surface area contributed by atoms with Crippen molar-refractivity contribution >= 4 is 23.2 Å². The summed E-state index contributed by atoms with van der Waals surface area (Å²) in [6.07, 6.45) is 0. The average molecular weight is 354 g/mol. The number of hydrogen-bond donors (Lipinski definition) is 1. The van der Waals surface area contributed by atoms with E-state index in [1.807, 2.05) is 12.1 Å². The maximum Gasteiger partial charge on any atom is 0.0593 e. The number of rotatable bonds is 3. The summed E-state index contributed by atoms with van der Waals surface area (Å²) in [4.78, 5) is 0. The molecule has 1 atom stereocenters. The van der Waals surface area contributed by atoms with Crippen molar-refractivity contribution in [3.8, 4) is 11.1 Å². The Labute approximate surface area is 152 Å². The predicted molar refractivity (Wildman–Crippen MR) is 102 cm³/mol. The molecule has 0 heterocycles. The zero-order valence-electron chi connectivity index (χ0n) is 13.3. The van der Waals surface area contributed by atoms with Crippen LogP contribution in [0, 0.1) is 0 Å². The number of nitrogens with one attached hydrogen (secondary N) is 1. The molecule has 0 spiro atoms. The zero-order valence-corrected chi connectivity index (χ0v) is 14.8. The molecular weight excluding hydrogens is 337 g/mol. The number of fused-ring (bicyclic) bond motifs is 3. The zero-order chi connectivity index (χ0) is 16.7. The van der Waals surface area contributed by atoms with E-state index in [0.29, 0.717) is 10.0 Å². The third-order valence-corrected chi connectivity index (χ3v) is 5.24. The van der Waals surface area contributed by atoms with E-state index >= 15 is 0 Å². The fraction of sp³-hybridized carbons (Fsp3) is 0.143. The second-order valence-electron chi connectivity index (χ2n) is 6.16. The van der Waals surface area contributed by atoms with E-state index in [9.17, 15) is 0 Å². The molecule has 0 saturated heterocycles. The summed E-state index contributed by atoms with van der Waals surface area (Å²) >= 11 is 12.4. The normalized spacial score (nSPS) is 14.3. The van der Waals surface area contributed by atoms with Crippen LogP contribution in [0.4, 0.5) is 0 Å². The molecule has 3 heteroatoms. The lowest BCUT2D eigenvalue weighted by Gasteiger charge is -2.23. The van der Waals surface area contributed by atoms with Gasteiger partial charge in [0.2, 0.25) is 0 Å². The Kier molecular flexibility index (Phi) is 4.09. The minimum atomic E-state index is 0.110. The molecule has 0 fully saturated rings. The van der Waals surface area contributed by atoms with Crippen molar-refractivity contribution in [2.75, 3.05) is 0 Å². The predicted octanol–water partition coefficient (Wildman–Crippen LogP) is 6.41. The van der Waals surface area contributed by atoms with Crippen LogP contribution in [0.5, 0.6) is 0 Å². The highest BCUT2D eigenvalue weighted by Gasteiger charge is 2.29. The molecule has 3 aromatic rings. The van der Waals surface area contributed by atoms with Crippen molar-refractivity contribution in [3.05, 3.63) is 93.5 Å². The van der Waals surface area contributed by atoms with Crippen molar-refractivity contribution in [1.29, 1.82) is 0 Å². The van der Waals surface area contributed by atoms with E-state index in [-0.39, 0.29) is 12.1 Å². The van der Waals surface area contributed by atoms with Crippen molar-refractivity contribution < 1.29 is 0 Å². The number of hydrogen-bond acceptors (Lipinski definition) is 1. The number of benzene rings is 3. The summed E-state index contributed by atoms with van der Waals surface area (Å²) < 4.78 is 0. The molecule has 1 aliphatic rings. The van der Waals surface area contributed by atoms with Gasteiger partial charge in [0.1, 0.15) is 0 Å². The third-order valence-electron chi connectivity index (χ3n) is 4.68. The molecule has 1 N–H and O–H groups in total. The first-order valence-corrected chi connectivity index (χ1v) is 8.80. The molecule has 0 bridgehead atoms. The van der Waals surface area contributed by atoms with Gasteiger partial charge in [0.15, 0.2) is 0 Å². The van der Waals surface area contributed by atoms with Crippen LogP contribution in [0.1, 0.15) is 35.7 Å². The maximum absolute atomic E-state index is 6.39. The Balaban J connectivity index is 1.72. The number of halogens is 2. The minimum absolute atomic E-state index is 0.110. The second-order valence-corrected chi connectivity index (χ2v) is 7.01. The molecule has 0 aromatic heterocycles. The minimum Gasteiger partial charge on any atom is -0.300 e. The quantitative estimate of drug-likeness (QED) is 0.573. The summed E-state index contributed by atoms with van der Waals surface area (Å²) in [6.45, 7) is 2.14. The van der Waals surface area contributed by atoms with Gasteiger partial charge in [-0.25, -0.2) is 0 Å². The fourth-order valence-electron chi connectivity index (χ4n) is 3.53. The van der Waals surface area contributed by atoms with E-state index in [1.165, 1.54) is 22.3 Å². The molecule has 0 radical (unpaired) electrons. The van der Waals surface area contributed by atoms with Gasteiger partial charge in [-0.2, -0.15) is 0 Å². The van der Waals surface area contributed by atoms with Gasteiger partial charge < -0.3 is 0 Å². The van der Waals surface area contributed by atoms with Gasteiger partial charge in [0, 0.05) is 16.1 Å². The van der Waals surface area contributed by atoms with Crippen LogP contribution >= 0.6 is 23.2 Å². The van der Waals surface area contributed by atoms with Gasteiger partial charge in [-0.05, 0) is 46.9 Å². The summed E-state index contributed by atoms with van der Waals surface area (Å²) in [5.41, 5.74) is 6.30. The van der Waals surface area contributed by atoms with Crippen LogP contribution in [-0.2, 0) is 0 Å². The van der Waals surface area contributed by atoms with Gasteiger partial charge in [0.25, 0.3) is 0 Å². The Morgan fingerprint density at radius 2 is 1.42 bits per heavy atom. The monoisotopic (exact) mass is 353 g/mol. The SMILES string of the molecule is CC(NC1c2ccccc2-c2ccccc21)c1ccc(Cl)cc1Cl. The first-order valence-electron chi connectivity index (χ1n) is 8.04. The molecule has 4 rings (SSSR count). The highest BCUT2D eigenvalue weighted by molar-refractivity contribution is 6.35. The first kappa shape index (κ1) is 15.7. The lowest BCUT2D eigenvalue weighted by molar-refractivity contribution is 0.523. The highest BCUT2D eigenvalue weighted by Crippen LogP contribution is 2.44. The molecule has 1 nitrogen and oxygen atoms in total. The van der Waals surface area contributed by atoms with Crippen LogP contribution in [0.15, 0.2) is 66.7 Å². The highest BCUT2D eigenvalue weighted by atomic mass is 35.5. The average Bonchev–Trinajstić information content (AvgIpc) is 2.89. The standard InChI is InChI=1S/C21H17Cl2N/c1-13(15-11-10-14(22)12-20(15)23)24-21-18-8-4-2-6-16(18)17-7-3-5-9-19(17)21/h2-13,21,24H,1H3. The Morgan fingerprint density at radius 3 is 2.00 bits per heavy atom. The Hall–Kier alpha value is -1.80. The maximum atomic E-state index is 6.39. The van der Waals surface area contributed by atoms with E-state index in [0.717, 1.165) is 5.56 Å². The summed E-state index contributed by atoms with van der Waals surface area (Å²) in [5, 5.41) is 5.10. The van der Waals surface area contributed by atoms with Crippen LogP contribution in [0.3, 0.4) is 0 Å². The van der Waals surface area contributed by atoms with Gasteiger partial charge in [-0.15, -0.1) is 0 Å². The summed E-state index contributed by atoms with van der Waals surface area (Å²) in [6, 6.07) is 23.1. The van der Waals surface area contributed by atoms with Crippen molar-refractivity contribution in [2.24, 2.45) is 0 Å². The molecule has 24 heavy (non-hydrogen) atoms. The largest absolute Gasteiger partial charge is 0.300 e. The van der Waals surface area contributed by atoms with Crippen LogP contribution < -0.4 is 5.32 Å². The third kappa shape index (κ3) is 2.63. The molecule has 0 aliphatic heterocycles. The van der Waals surface area contributed by atoms with Crippen LogP contribution in [-0.4, -0.2) is 0 Å². The first-order chi connectivity index (χ1) is 11.6. The molecule has 3 aromatic carbocycles. The van der Waals surface area contributed by atoms with Crippen LogP contribution in [0.2, 0.25) is 10.0 Å². The van der Waals surface area contributed by atoms with E-state index in [1.54, 1.807) is 6.07 Å². The molecule has 1 unspecified atom stereocenters. The Morgan fingerprint density at radius 1 is 0.833 bits per heavy atom. The lowest BCUT2D eigenvalue weighted by atomic mass is 10.0. The van der Waals surface area contributed by atoms with Gasteiger partial charge in [0.05, 0.1) is 6.04 Å². The lowest BCUT2D eigenvalue weighted by Crippen LogP contribution is -2.24. The molecular formula is C21H17Cl2N. The van der Waals surface area contributed by atoms with Crippen molar-refractivity contribution in [3.63, 3.8) is 0 Å². The van der Waals surface area contributed by atoms with Gasteiger partial charge in [-0.1, -0.05) is 77.8 Å². The molecule has 120 valence electrons. The Bertz CT molecular complexity index is 858. The van der Waals surface area contributed by atoms with Gasteiger partial charge in [-0.3, -0.25) is 5.32 Å². The van der Waals surface area contributed by atoms with E-state index in [4.69, 9.17) is 23.2 Å². The topological polar surface area (TPSA) is 12.0 Å². The second kappa shape index (κ2) is 6.25. The molecule has 0 saturated carbocycles. The molecule has 1 aliphatic carbocycles. The van der Waals surface area contributed by atoms with Crippen LogP contribution in [0.25, 0.3) is 11.1 Å². The molecule has 0 amide bonds. The summed E-state index contributed by atoms with van der Waals surface area (Å²) in [5.74, 6) is 0. The smallest absolute Gasteiger partial charge is 0.0593 e. The van der Waals surface area contributed by atoms with Crippen molar-refractivity contribution in [2.45, 2.75) is 19.0 Å². The fourth-order valence-corrected chi connectivity index (χ4v) is 4.10. The van der Waals surface area contributed by atoms with Gasteiger partial charge >= 0.3 is 0 Å². The van der Waals surface area contributed by atoms with E-state index < -0.39 is 0 Å². The van der Waals surface area contributed by atoms with Crippen molar-refractivity contribution in [1.82, 2.24) is 5.32 Å².